The Morgan fingerprint density at radius 2 is 2.00 bits per heavy atom. The molecule has 1 aromatic heterocycles. The molecule has 0 unspecified atom stereocenters. The first kappa shape index (κ1) is 13.4. The van der Waals surface area contributed by atoms with Crippen molar-refractivity contribution in [2.45, 2.75) is 19.9 Å². The van der Waals surface area contributed by atoms with E-state index in [-0.39, 0.29) is 17.3 Å². The zero-order chi connectivity index (χ0) is 15.0. The molecule has 4 nitrogen and oxygen atoms in total. The molecule has 0 amide bonds. The minimum Gasteiger partial charge on any atom is -0.505 e. The van der Waals surface area contributed by atoms with Gasteiger partial charge in [0.1, 0.15) is 17.1 Å². The first-order valence-electron chi connectivity index (χ1n) is 6.86. The highest BCUT2D eigenvalue weighted by atomic mass is 19.1. The molecule has 1 heterocycles. The van der Waals surface area contributed by atoms with Gasteiger partial charge < -0.3 is 15.4 Å². The summed E-state index contributed by atoms with van der Waals surface area (Å²) in [7, 11) is 0. The lowest BCUT2D eigenvalue weighted by Crippen LogP contribution is -2.00. The highest BCUT2D eigenvalue weighted by Crippen LogP contribution is 2.35. The van der Waals surface area contributed by atoms with Gasteiger partial charge in [0, 0.05) is 6.54 Å². The summed E-state index contributed by atoms with van der Waals surface area (Å²) in [5.41, 5.74) is 7.56. The van der Waals surface area contributed by atoms with E-state index >= 15 is 0 Å². The van der Waals surface area contributed by atoms with E-state index in [4.69, 9.17) is 5.73 Å². The number of aryl methyl sites for hydroxylation is 1. The number of imidazole rings is 1. The molecule has 0 aliphatic rings. The van der Waals surface area contributed by atoms with Gasteiger partial charge in [-0.3, -0.25) is 0 Å². The molecule has 0 saturated heterocycles. The molecule has 21 heavy (non-hydrogen) atoms. The van der Waals surface area contributed by atoms with Crippen LogP contribution in [-0.4, -0.2) is 14.7 Å². The third-order valence-electron chi connectivity index (χ3n) is 3.49. The van der Waals surface area contributed by atoms with Gasteiger partial charge in [0.25, 0.3) is 0 Å². The Balaban J connectivity index is 2.33. The van der Waals surface area contributed by atoms with Crippen molar-refractivity contribution < 1.29 is 9.50 Å². The molecule has 3 rings (SSSR count). The quantitative estimate of drug-likeness (QED) is 0.571. The zero-order valence-electron chi connectivity index (χ0n) is 11.7. The van der Waals surface area contributed by atoms with Gasteiger partial charge in [-0.2, -0.15) is 0 Å². The minimum absolute atomic E-state index is 0.0226. The van der Waals surface area contributed by atoms with E-state index in [1.165, 1.54) is 6.07 Å². The van der Waals surface area contributed by atoms with E-state index in [0.29, 0.717) is 29.0 Å². The molecule has 0 atom stereocenters. The maximum absolute atomic E-state index is 14.0. The second kappa shape index (κ2) is 5.09. The standard InChI is InChI=1S/C16H16FN3O/c1-2-9-20-13-8-4-6-11(17)14(13)19-16(20)10-5-3-7-12(18)15(10)21/h3-8,21H,2,9,18H2,1H3. The number of halogens is 1. The number of para-hydroxylation sites is 2. The number of nitrogens with two attached hydrogens (primary N) is 1. The lowest BCUT2D eigenvalue weighted by molar-refractivity contribution is 0.479. The van der Waals surface area contributed by atoms with Crippen molar-refractivity contribution in [2.24, 2.45) is 0 Å². The van der Waals surface area contributed by atoms with Crippen LogP contribution in [0.3, 0.4) is 0 Å². The maximum atomic E-state index is 14.0. The van der Waals surface area contributed by atoms with Gasteiger partial charge >= 0.3 is 0 Å². The van der Waals surface area contributed by atoms with E-state index in [1.807, 2.05) is 17.6 Å². The number of aromatic hydroxyl groups is 1. The van der Waals surface area contributed by atoms with Gasteiger partial charge in [0.15, 0.2) is 5.82 Å². The third kappa shape index (κ3) is 2.11. The Morgan fingerprint density at radius 3 is 2.76 bits per heavy atom. The van der Waals surface area contributed by atoms with Crippen LogP contribution in [0, 0.1) is 5.82 Å². The topological polar surface area (TPSA) is 64.1 Å². The van der Waals surface area contributed by atoms with Crippen molar-refractivity contribution in [1.29, 1.82) is 0 Å². The van der Waals surface area contributed by atoms with Crippen LogP contribution in [0.2, 0.25) is 0 Å². The molecular weight excluding hydrogens is 269 g/mol. The monoisotopic (exact) mass is 285 g/mol. The SMILES string of the molecule is CCCn1c(-c2cccc(N)c2O)nc2c(F)cccc21. The molecule has 0 radical (unpaired) electrons. The number of phenolic OH excluding ortho intramolecular Hbond substituents is 1. The van der Waals surface area contributed by atoms with Crippen molar-refractivity contribution in [1.82, 2.24) is 9.55 Å². The minimum atomic E-state index is -0.369. The predicted molar refractivity (Wildman–Crippen MR) is 81.5 cm³/mol. The number of hydrogen-bond acceptors (Lipinski definition) is 3. The van der Waals surface area contributed by atoms with Crippen LogP contribution < -0.4 is 5.73 Å². The number of benzene rings is 2. The van der Waals surface area contributed by atoms with Crippen molar-refractivity contribution in [3.63, 3.8) is 0 Å². The fourth-order valence-electron chi connectivity index (χ4n) is 2.51. The molecule has 0 spiro atoms. The summed E-state index contributed by atoms with van der Waals surface area (Å²) in [5.74, 6) is 0.138. The molecule has 2 aromatic carbocycles. The second-order valence-electron chi connectivity index (χ2n) is 4.94. The molecule has 0 aliphatic heterocycles. The number of nitrogen functional groups attached to an aromatic ring is 1. The van der Waals surface area contributed by atoms with Crippen molar-refractivity contribution in [3.05, 3.63) is 42.2 Å². The zero-order valence-corrected chi connectivity index (χ0v) is 11.7. The molecule has 5 heteroatoms. The summed E-state index contributed by atoms with van der Waals surface area (Å²) in [6.45, 7) is 2.72. The Hall–Kier alpha value is -2.56. The van der Waals surface area contributed by atoms with Crippen molar-refractivity contribution in [2.75, 3.05) is 5.73 Å². The van der Waals surface area contributed by atoms with Gasteiger partial charge in [0.05, 0.1) is 16.8 Å². The number of aromatic nitrogens is 2. The van der Waals surface area contributed by atoms with Gasteiger partial charge in [-0.05, 0) is 30.7 Å². The number of hydrogen-bond donors (Lipinski definition) is 2. The van der Waals surface area contributed by atoms with Crippen molar-refractivity contribution in [3.8, 4) is 17.1 Å². The van der Waals surface area contributed by atoms with E-state index in [1.54, 1.807) is 24.3 Å². The summed E-state index contributed by atoms with van der Waals surface area (Å²) in [5, 5.41) is 10.2. The average molecular weight is 285 g/mol. The number of anilines is 1. The van der Waals surface area contributed by atoms with Crippen LogP contribution in [0.25, 0.3) is 22.4 Å². The smallest absolute Gasteiger partial charge is 0.151 e. The summed E-state index contributed by atoms with van der Waals surface area (Å²) in [6, 6.07) is 9.97. The van der Waals surface area contributed by atoms with Gasteiger partial charge in [-0.15, -0.1) is 0 Å². The number of nitrogens with zero attached hydrogens (tertiary/aromatic N) is 2. The van der Waals surface area contributed by atoms with Crippen LogP contribution in [0.15, 0.2) is 36.4 Å². The number of rotatable bonds is 3. The lowest BCUT2D eigenvalue weighted by atomic mass is 10.1. The Labute approximate surface area is 121 Å². The first-order chi connectivity index (χ1) is 10.1. The van der Waals surface area contributed by atoms with E-state index in [9.17, 15) is 9.50 Å². The third-order valence-corrected chi connectivity index (χ3v) is 3.49. The van der Waals surface area contributed by atoms with Crippen LogP contribution in [-0.2, 0) is 6.54 Å². The van der Waals surface area contributed by atoms with E-state index < -0.39 is 0 Å². The summed E-state index contributed by atoms with van der Waals surface area (Å²) < 4.78 is 15.9. The molecule has 3 aromatic rings. The molecule has 108 valence electrons. The summed E-state index contributed by atoms with van der Waals surface area (Å²) >= 11 is 0. The van der Waals surface area contributed by atoms with Gasteiger partial charge in [-0.25, -0.2) is 9.37 Å². The van der Waals surface area contributed by atoms with E-state index in [2.05, 4.69) is 4.98 Å². The highest BCUT2D eigenvalue weighted by Gasteiger charge is 2.17. The van der Waals surface area contributed by atoms with Crippen LogP contribution >= 0.6 is 0 Å². The first-order valence-corrected chi connectivity index (χ1v) is 6.86. The molecule has 0 aliphatic carbocycles. The second-order valence-corrected chi connectivity index (χ2v) is 4.94. The number of fused-ring (bicyclic) bond motifs is 1. The summed E-state index contributed by atoms with van der Waals surface area (Å²) in [4.78, 5) is 4.38. The Bertz CT molecular complexity index is 811. The average Bonchev–Trinajstić information content (AvgIpc) is 2.83. The van der Waals surface area contributed by atoms with E-state index in [0.717, 1.165) is 6.42 Å². The fraction of sp³-hybridized carbons (Fsp3) is 0.188. The summed E-state index contributed by atoms with van der Waals surface area (Å²) in [6.07, 6.45) is 0.873. The van der Waals surface area contributed by atoms with Crippen molar-refractivity contribution >= 4 is 16.7 Å². The molecule has 3 N–H and O–H groups in total. The van der Waals surface area contributed by atoms with Crippen LogP contribution in [0.5, 0.6) is 5.75 Å². The van der Waals surface area contributed by atoms with Gasteiger partial charge in [-0.1, -0.05) is 19.1 Å². The largest absolute Gasteiger partial charge is 0.505 e. The highest BCUT2D eigenvalue weighted by molar-refractivity contribution is 5.83. The molecular formula is C16H16FN3O. The number of phenols is 1. The van der Waals surface area contributed by atoms with Gasteiger partial charge in [0.2, 0.25) is 0 Å². The maximum Gasteiger partial charge on any atom is 0.151 e. The van der Waals surface area contributed by atoms with Crippen LogP contribution in [0.1, 0.15) is 13.3 Å². The predicted octanol–water partition coefficient (Wildman–Crippen LogP) is 3.54. The normalized spacial score (nSPS) is 11.1. The Kier molecular flexibility index (Phi) is 3.25. The van der Waals surface area contributed by atoms with Crippen LogP contribution in [0.4, 0.5) is 10.1 Å². The fourth-order valence-corrected chi connectivity index (χ4v) is 2.51. The molecule has 0 saturated carbocycles. The molecule has 0 fully saturated rings. The lowest BCUT2D eigenvalue weighted by Gasteiger charge is -2.10. The molecule has 0 bridgehead atoms. The Morgan fingerprint density at radius 1 is 1.24 bits per heavy atom.